The second-order valence-corrected chi connectivity index (χ2v) is 7.26. The van der Waals surface area contributed by atoms with Gasteiger partial charge in [0.25, 0.3) is 0 Å². The summed E-state index contributed by atoms with van der Waals surface area (Å²) < 4.78 is 0. The summed E-state index contributed by atoms with van der Waals surface area (Å²) in [7, 11) is 0. The molecule has 0 spiro atoms. The van der Waals surface area contributed by atoms with Gasteiger partial charge in [-0.05, 0) is 42.9 Å². The van der Waals surface area contributed by atoms with E-state index in [1.165, 1.54) is 5.56 Å². The van der Waals surface area contributed by atoms with E-state index in [2.05, 4.69) is 49.4 Å². The van der Waals surface area contributed by atoms with Gasteiger partial charge in [-0.15, -0.1) is 0 Å². The molecule has 0 aliphatic rings. The molecule has 3 rings (SSSR count). The second-order valence-electron chi connectivity index (χ2n) is 7.26. The summed E-state index contributed by atoms with van der Waals surface area (Å²) in [6.45, 7) is 2.15. The molecule has 0 radical (unpaired) electrons. The number of carboxylic acid groups (broad SMARTS) is 1. The van der Waals surface area contributed by atoms with Crippen molar-refractivity contribution in [1.29, 1.82) is 0 Å². The van der Waals surface area contributed by atoms with E-state index in [9.17, 15) is 9.90 Å². The molecule has 150 valence electrons. The monoisotopic (exact) mass is 389 g/mol. The third kappa shape index (κ3) is 5.75. The molecule has 1 atom stereocenters. The van der Waals surface area contributed by atoms with Crippen molar-refractivity contribution in [1.82, 2.24) is 4.98 Å². The lowest BCUT2D eigenvalue weighted by atomic mass is 9.97. The molecule has 1 unspecified atom stereocenters. The Labute approximate surface area is 171 Å². The Kier molecular flexibility index (Phi) is 7.14. The van der Waals surface area contributed by atoms with Crippen LogP contribution in [0.25, 0.3) is 22.4 Å². The molecule has 0 bridgehead atoms. The van der Waals surface area contributed by atoms with Crippen LogP contribution in [0.3, 0.4) is 0 Å². The second kappa shape index (κ2) is 9.99. The number of hydrogen-bond acceptors (Lipinski definition) is 3. The highest BCUT2D eigenvalue weighted by atomic mass is 16.4. The smallest absolute Gasteiger partial charge is 0.305 e. The number of aromatic nitrogens is 1. The van der Waals surface area contributed by atoms with Crippen molar-refractivity contribution in [3.63, 3.8) is 0 Å². The Bertz CT molecular complexity index is 936. The van der Waals surface area contributed by atoms with Crippen LogP contribution in [0.5, 0.6) is 0 Å². The van der Waals surface area contributed by atoms with Crippen molar-refractivity contribution in [2.45, 2.75) is 45.1 Å². The molecule has 29 heavy (non-hydrogen) atoms. The quantitative estimate of drug-likeness (QED) is 0.532. The lowest BCUT2D eigenvalue weighted by Crippen LogP contribution is -2.13. The highest BCUT2D eigenvalue weighted by Gasteiger charge is 2.12. The van der Waals surface area contributed by atoms with Crippen molar-refractivity contribution in [3.05, 3.63) is 78.0 Å². The van der Waals surface area contributed by atoms with E-state index in [4.69, 9.17) is 10.1 Å². The largest absolute Gasteiger partial charge is 0.481 e. The Hall–Kier alpha value is -2.98. The maximum Gasteiger partial charge on any atom is 0.305 e. The first-order valence-corrected chi connectivity index (χ1v) is 10.1. The van der Waals surface area contributed by atoms with E-state index < -0.39 is 12.1 Å². The van der Waals surface area contributed by atoms with Crippen LogP contribution in [-0.4, -0.2) is 27.3 Å². The summed E-state index contributed by atoms with van der Waals surface area (Å²) in [4.78, 5) is 15.6. The van der Waals surface area contributed by atoms with Crippen LogP contribution >= 0.6 is 0 Å². The molecule has 1 heterocycles. The Balaban J connectivity index is 1.84. The first-order chi connectivity index (χ1) is 14.1. The summed E-state index contributed by atoms with van der Waals surface area (Å²) >= 11 is 0. The standard InChI is InChI=1S/C25H27NO3/c1-2-18-11-13-19(14-12-18)23-16-15-21(9-6-10-22(27)17-24(28)29)26-25(23)20-7-4-3-5-8-20/h3-5,7-8,11-16,22,27H,2,6,9-10,17H2,1H3,(H,28,29). The van der Waals surface area contributed by atoms with Crippen molar-refractivity contribution >= 4 is 5.97 Å². The number of benzene rings is 2. The molecule has 0 saturated heterocycles. The van der Waals surface area contributed by atoms with Gasteiger partial charge in [-0.2, -0.15) is 0 Å². The molecular weight excluding hydrogens is 362 g/mol. The summed E-state index contributed by atoms with van der Waals surface area (Å²) in [6.07, 6.45) is 1.84. The fraction of sp³-hybridized carbons (Fsp3) is 0.280. The summed E-state index contributed by atoms with van der Waals surface area (Å²) in [5.41, 5.74) is 6.48. The molecule has 0 aliphatic heterocycles. The van der Waals surface area contributed by atoms with Gasteiger partial charge >= 0.3 is 5.97 Å². The van der Waals surface area contributed by atoms with Crippen LogP contribution in [0.4, 0.5) is 0 Å². The average Bonchev–Trinajstić information content (AvgIpc) is 2.74. The van der Waals surface area contributed by atoms with Gasteiger partial charge in [0.05, 0.1) is 18.2 Å². The van der Waals surface area contributed by atoms with Crippen molar-refractivity contribution in [2.75, 3.05) is 0 Å². The molecule has 4 heteroatoms. The number of aryl methyl sites for hydroxylation is 2. The van der Waals surface area contributed by atoms with E-state index in [0.29, 0.717) is 19.3 Å². The summed E-state index contributed by atoms with van der Waals surface area (Å²) in [5.74, 6) is -0.972. The minimum atomic E-state index is -0.972. The van der Waals surface area contributed by atoms with E-state index in [0.717, 1.165) is 34.5 Å². The van der Waals surface area contributed by atoms with Crippen molar-refractivity contribution in [2.24, 2.45) is 0 Å². The maximum absolute atomic E-state index is 10.7. The zero-order chi connectivity index (χ0) is 20.6. The normalized spacial score (nSPS) is 11.9. The van der Waals surface area contributed by atoms with Gasteiger partial charge in [-0.3, -0.25) is 9.78 Å². The zero-order valence-corrected chi connectivity index (χ0v) is 16.7. The number of aliphatic hydroxyl groups is 1. The van der Waals surface area contributed by atoms with Crippen LogP contribution in [-0.2, 0) is 17.6 Å². The molecule has 2 aromatic carbocycles. The van der Waals surface area contributed by atoms with E-state index in [-0.39, 0.29) is 6.42 Å². The number of aliphatic carboxylic acids is 1. The van der Waals surface area contributed by atoms with Gasteiger partial charge in [0.2, 0.25) is 0 Å². The Morgan fingerprint density at radius 1 is 0.966 bits per heavy atom. The third-order valence-electron chi connectivity index (χ3n) is 5.05. The van der Waals surface area contributed by atoms with Crippen molar-refractivity contribution in [3.8, 4) is 22.4 Å². The molecule has 1 aromatic heterocycles. The van der Waals surface area contributed by atoms with Gasteiger partial charge in [0.15, 0.2) is 0 Å². The number of pyridine rings is 1. The molecule has 0 amide bonds. The molecule has 2 N–H and O–H groups in total. The van der Waals surface area contributed by atoms with Crippen LogP contribution in [0.15, 0.2) is 66.7 Å². The van der Waals surface area contributed by atoms with Crippen LogP contribution in [0.2, 0.25) is 0 Å². The fourth-order valence-electron chi connectivity index (χ4n) is 3.43. The topological polar surface area (TPSA) is 70.4 Å². The molecule has 0 saturated carbocycles. The van der Waals surface area contributed by atoms with Crippen LogP contribution < -0.4 is 0 Å². The van der Waals surface area contributed by atoms with Gasteiger partial charge in [0.1, 0.15) is 0 Å². The zero-order valence-electron chi connectivity index (χ0n) is 16.7. The number of hydrogen-bond donors (Lipinski definition) is 2. The van der Waals surface area contributed by atoms with Gasteiger partial charge in [-0.25, -0.2) is 0 Å². The number of rotatable bonds is 9. The van der Waals surface area contributed by atoms with E-state index in [1.807, 2.05) is 24.3 Å². The Morgan fingerprint density at radius 3 is 2.34 bits per heavy atom. The van der Waals surface area contributed by atoms with E-state index in [1.54, 1.807) is 0 Å². The number of nitrogens with zero attached hydrogens (tertiary/aromatic N) is 1. The third-order valence-corrected chi connectivity index (χ3v) is 5.05. The van der Waals surface area contributed by atoms with Crippen molar-refractivity contribution < 1.29 is 15.0 Å². The fourth-order valence-corrected chi connectivity index (χ4v) is 3.43. The molecule has 4 nitrogen and oxygen atoms in total. The van der Waals surface area contributed by atoms with Gasteiger partial charge in [-0.1, -0.05) is 67.6 Å². The molecule has 0 aliphatic carbocycles. The maximum atomic E-state index is 10.7. The summed E-state index contributed by atoms with van der Waals surface area (Å²) in [5, 5.41) is 18.5. The van der Waals surface area contributed by atoms with Crippen LogP contribution in [0, 0.1) is 0 Å². The number of aliphatic hydroxyl groups excluding tert-OH is 1. The first kappa shape index (κ1) is 20.7. The number of carbonyl (C=O) groups is 1. The SMILES string of the molecule is CCc1ccc(-c2ccc(CCCC(O)CC(=O)O)nc2-c2ccccc2)cc1. The lowest BCUT2D eigenvalue weighted by molar-refractivity contribution is -0.139. The van der Waals surface area contributed by atoms with E-state index >= 15 is 0 Å². The predicted molar refractivity (Wildman–Crippen MR) is 116 cm³/mol. The number of carboxylic acids is 1. The lowest BCUT2D eigenvalue weighted by Gasteiger charge is -2.13. The average molecular weight is 389 g/mol. The molecule has 0 fully saturated rings. The summed E-state index contributed by atoms with van der Waals surface area (Å²) in [6, 6.07) is 22.9. The molecule has 3 aromatic rings. The first-order valence-electron chi connectivity index (χ1n) is 10.1. The highest BCUT2D eigenvalue weighted by Crippen LogP contribution is 2.31. The Morgan fingerprint density at radius 2 is 1.69 bits per heavy atom. The van der Waals surface area contributed by atoms with Gasteiger partial charge < -0.3 is 10.2 Å². The minimum Gasteiger partial charge on any atom is -0.481 e. The van der Waals surface area contributed by atoms with Crippen LogP contribution in [0.1, 0.15) is 37.4 Å². The highest BCUT2D eigenvalue weighted by molar-refractivity contribution is 5.80. The van der Waals surface area contributed by atoms with Gasteiger partial charge in [0, 0.05) is 16.8 Å². The molecular formula is C25H27NO3. The predicted octanol–water partition coefficient (Wildman–Crippen LogP) is 5.14. The minimum absolute atomic E-state index is 0.213.